The number of nitrogens with one attached hydrogen (secondary N) is 1. The Kier molecular flexibility index (Phi) is 5.67. The van der Waals surface area contributed by atoms with Gasteiger partial charge < -0.3 is 19.1 Å². The second-order valence-corrected chi connectivity index (χ2v) is 8.15. The van der Waals surface area contributed by atoms with Crippen LogP contribution in [-0.4, -0.2) is 55.5 Å². The Hall–Kier alpha value is -2.28. The summed E-state index contributed by atoms with van der Waals surface area (Å²) in [7, 11) is 2.13. The molecule has 1 atom stereocenters. The molecule has 0 radical (unpaired) electrons. The standard InChI is InChI=1S/C22H26ClN3O3/c1-14-4-6-20(28-14)18(26-10-8-25(3)9-11-26)13-24-22(27)21-15(2)17-12-16(23)5-7-19(17)29-21/h4-7,12,18H,8-11,13H2,1-3H3,(H,24,27). The highest BCUT2D eigenvalue weighted by Crippen LogP contribution is 2.28. The van der Waals surface area contributed by atoms with E-state index in [2.05, 4.69) is 22.2 Å². The highest BCUT2D eigenvalue weighted by atomic mass is 35.5. The average molecular weight is 416 g/mol. The van der Waals surface area contributed by atoms with E-state index < -0.39 is 0 Å². The third kappa shape index (κ3) is 4.20. The molecular formula is C22H26ClN3O3. The molecule has 0 aliphatic carbocycles. The lowest BCUT2D eigenvalue weighted by Crippen LogP contribution is -2.48. The lowest BCUT2D eigenvalue weighted by molar-refractivity contribution is 0.0831. The maximum absolute atomic E-state index is 12.9. The largest absolute Gasteiger partial charge is 0.465 e. The van der Waals surface area contributed by atoms with Crippen LogP contribution in [0, 0.1) is 13.8 Å². The number of hydrogen-bond acceptors (Lipinski definition) is 5. The topological polar surface area (TPSA) is 61.9 Å². The molecule has 0 spiro atoms. The summed E-state index contributed by atoms with van der Waals surface area (Å²) in [5.41, 5.74) is 1.46. The van der Waals surface area contributed by atoms with E-state index >= 15 is 0 Å². The summed E-state index contributed by atoms with van der Waals surface area (Å²) < 4.78 is 11.7. The molecule has 2 aromatic heterocycles. The van der Waals surface area contributed by atoms with E-state index in [0.717, 1.165) is 48.6 Å². The van der Waals surface area contributed by atoms with Crippen LogP contribution in [0.25, 0.3) is 11.0 Å². The van der Waals surface area contributed by atoms with Gasteiger partial charge in [0.2, 0.25) is 0 Å². The fraction of sp³-hybridized carbons (Fsp3) is 0.409. The molecule has 4 rings (SSSR count). The summed E-state index contributed by atoms with van der Waals surface area (Å²) in [6.45, 7) is 8.11. The van der Waals surface area contributed by atoms with Crippen LogP contribution >= 0.6 is 11.6 Å². The minimum absolute atomic E-state index is 0.0134. The van der Waals surface area contributed by atoms with E-state index in [1.165, 1.54) is 0 Å². The van der Waals surface area contributed by atoms with Crippen molar-refractivity contribution in [3.63, 3.8) is 0 Å². The maximum Gasteiger partial charge on any atom is 0.287 e. The van der Waals surface area contributed by atoms with Gasteiger partial charge in [-0.25, -0.2) is 0 Å². The normalized spacial score (nSPS) is 17.0. The zero-order chi connectivity index (χ0) is 20.5. The van der Waals surface area contributed by atoms with Crippen LogP contribution in [0.4, 0.5) is 0 Å². The van der Waals surface area contributed by atoms with Crippen molar-refractivity contribution >= 4 is 28.5 Å². The van der Waals surface area contributed by atoms with Crippen molar-refractivity contribution in [3.8, 4) is 0 Å². The molecule has 1 fully saturated rings. The van der Waals surface area contributed by atoms with Gasteiger partial charge in [0.25, 0.3) is 5.91 Å². The van der Waals surface area contributed by atoms with Gasteiger partial charge in [0.05, 0.1) is 6.04 Å². The van der Waals surface area contributed by atoms with E-state index in [9.17, 15) is 4.79 Å². The Morgan fingerprint density at radius 3 is 2.59 bits per heavy atom. The van der Waals surface area contributed by atoms with Crippen molar-refractivity contribution < 1.29 is 13.6 Å². The van der Waals surface area contributed by atoms with Gasteiger partial charge in [0.1, 0.15) is 17.1 Å². The molecule has 1 aromatic carbocycles. The van der Waals surface area contributed by atoms with Crippen LogP contribution < -0.4 is 5.32 Å². The monoisotopic (exact) mass is 415 g/mol. The first kappa shape index (κ1) is 20.0. The number of rotatable bonds is 5. The Morgan fingerprint density at radius 2 is 1.90 bits per heavy atom. The third-order valence-corrected chi connectivity index (χ3v) is 5.86. The van der Waals surface area contributed by atoms with Gasteiger partial charge in [0, 0.05) is 48.7 Å². The molecule has 29 heavy (non-hydrogen) atoms. The quantitative estimate of drug-likeness (QED) is 0.682. The van der Waals surface area contributed by atoms with Gasteiger partial charge in [-0.3, -0.25) is 9.69 Å². The molecule has 154 valence electrons. The van der Waals surface area contributed by atoms with Crippen molar-refractivity contribution in [3.05, 3.63) is 58.2 Å². The predicted octanol–water partition coefficient (Wildman–Crippen LogP) is 4.01. The predicted molar refractivity (Wildman–Crippen MR) is 114 cm³/mol. The summed E-state index contributed by atoms with van der Waals surface area (Å²) in [6.07, 6.45) is 0. The molecule has 6 nitrogen and oxygen atoms in total. The van der Waals surface area contributed by atoms with Crippen LogP contribution in [-0.2, 0) is 0 Å². The molecule has 1 N–H and O–H groups in total. The smallest absolute Gasteiger partial charge is 0.287 e. The number of carbonyl (C=O) groups is 1. The molecule has 0 saturated carbocycles. The number of halogens is 1. The summed E-state index contributed by atoms with van der Waals surface area (Å²) in [5.74, 6) is 1.85. The van der Waals surface area contributed by atoms with Crippen LogP contribution in [0.1, 0.15) is 33.7 Å². The number of furan rings is 2. The first-order valence-electron chi connectivity index (χ1n) is 9.88. The number of carbonyl (C=O) groups excluding carboxylic acids is 1. The van der Waals surface area contributed by atoms with Crippen LogP contribution in [0.3, 0.4) is 0 Å². The number of hydrogen-bond donors (Lipinski definition) is 1. The number of likely N-dealkylation sites (N-methyl/N-ethyl adjacent to an activating group) is 1. The van der Waals surface area contributed by atoms with Gasteiger partial charge in [-0.15, -0.1) is 0 Å². The molecule has 3 aromatic rings. The summed E-state index contributed by atoms with van der Waals surface area (Å²) >= 11 is 6.09. The summed E-state index contributed by atoms with van der Waals surface area (Å²) in [6, 6.07) is 9.33. The first-order chi connectivity index (χ1) is 13.9. The molecule has 1 aliphatic rings. The average Bonchev–Trinajstić information content (AvgIpc) is 3.27. The van der Waals surface area contributed by atoms with Crippen molar-refractivity contribution in [2.24, 2.45) is 0 Å². The Morgan fingerprint density at radius 1 is 1.14 bits per heavy atom. The molecule has 1 amide bonds. The van der Waals surface area contributed by atoms with Gasteiger partial charge >= 0.3 is 0 Å². The summed E-state index contributed by atoms with van der Waals surface area (Å²) in [4.78, 5) is 17.6. The van der Waals surface area contributed by atoms with E-state index in [1.807, 2.05) is 32.0 Å². The van der Waals surface area contributed by atoms with E-state index in [4.69, 9.17) is 20.4 Å². The Bertz CT molecular complexity index is 1020. The molecular weight excluding hydrogens is 390 g/mol. The molecule has 7 heteroatoms. The second-order valence-electron chi connectivity index (χ2n) is 7.71. The highest BCUT2D eigenvalue weighted by Gasteiger charge is 2.27. The lowest BCUT2D eigenvalue weighted by atomic mass is 10.1. The molecule has 1 aliphatic heterocycles. The van der Waals surface area contributed by atoms with Crippen molar-refractivity contribution in [1.29, 1.82) is 0 Å². The SMILES string of the molecule is Cc1ccc(C(CNC(=O)c2oc3ccc(Cl)cc3c2C)N2CCN(C)CC2)o1. The van der Waals surface area contributed by atoms with E-state index in [0.29, 0.717) is 22.9 Å². The van der Waals surface area contributed by atoms with Crippen LogP contribution in [0.15, 0.2) is 39.2 Å². The van der Waals surface area contributed by atoms with Crippen molar-refractivity contribution in [2.75, 3.05) is 39.8 Å². The minimum Gasteiger partial charge on any atom is -0.465 e. The zero-order valence-corrected chi connectivity index (χ0v) is 17.8. The number of fused-ring (bicyclic) bond motifs is 1. The van der Waals surface area contributed by atoms with Gasteiger partial charge in [-0.05, 0) is 51.2 Å². The molecule has 1 unspecified atom stereocenters. The number of piperazine rings is 1. The second kappa shape index (κ2) is 8.22. The number of amides is 1. The molecule has 1 saturated heterocycles. The third-order valence-electron chi connectivity index (χ3n) is 5.63. The fourth-order valence-corrected chi connectivity index (χ4v) is 4.03. The maximum atomic E-state index is 12.9. The number of nitrogens with zero attached hydrogens (tertiary/aromatic N) is 2. The zero-order valence-electron chi connectivity index (χ0n) is 17.0. The molecule has 3 heterocycles. The molecule has 0 bridgehead atoms. The van der Waals surface area contributed by atoms with E-state index in [-0.39, 0.29) is 11.9 Å². The van der Waals surface area contributed by atoms with Crippen molar-refractivity contribution in [2.45, 2.75) is 19.9 Å². The van der Waals surface area contributed by atoms with Gasteiger partial charge in [-0.1, -0.05) is 11.6 Å². The van der Waals surface area contributed by atoms with Crippen molar-refractivity contribution in [1.82, 2.24) is 15.1 Å². The summed E-state index contributed by atoms with van der Waals surface area (Å²) in [5, 5.41) is 4.53. The Labute approximate surface area is 175 Å². The van der Waals surface area contributed by atoms with Crippen LogP contribution in [0.2, 0.25) is 5.02 Å². The van der Waals surface area contributed by atoms with Gasteiger partial charge in [-0.2, -0.15) is 0 Å². The minimum atomic E-state index is -0.225. The fourth-order valence-electron chi connectivity index (χ4n) is 3.86. The van der Waals surface area contributed by atoms with Gasteiger partial charge in [0.15, 0.2) is 5.76 Å². The first-order valence-corrected chi connectivity index (χ1v) is 10.3. The lowest BCUT2D eigenvalue weighted by Gasteiger charge is -2.37. The van der Waals surface area contributed by atoms with E-state index in [1.54, 1.807) is 12.1 Å². The number of aryl methyl sites for hydroxylation is 2. The number of benzene rings is 1. The van der Waals surface area contributed by atoms with Crippen LogP contribution in [0.5, 0.6) is 0 Å². The Balaban J connectivity index is 1.52. The highest BCUT2D eigenvalue weighted by molar-refractivity contribution is 6.31.